The van der Waals surface area contributed by atoms with Gasteiger partial charge in [-0.15, -0.1) is 0 Å². The second-order valence-corrected chi connectivity index (χ2v) is 6.85. The highest BCUT2D eigenvalue weighted by Gasteiger charge is 2.33. The SMILES string of the molecule is CN1CCN(c2ccc(NC(=O)CC3(O)CCCC3)nc2)CC1. The molecule has 2 N–H and O–H groups in total. The Morgan fingerprint density at radius 1 is 1.26 bits per heavy atom. The van der Waals surface area contributed by atoms with E-state index in [9.17, 15) is 9.90 Å². The molecule has 0 aromatic carbocycles. The van der Waals surface area contributed by atoms with E-state index in [2.05, 4.69) is 27.1 Å². The van der Waals surface area contributed by atoms with E-state index in [1.165, 1.54) is 0 Å². The Hall–Kier alpha value is -1.66. The van der Waals surface area contributed by atoms with Crippen LogP contribution in [-0.2, 0) is 4.79 Å². The predicted octanol–water partition coefficient (Wildman–Crippen LogP) is 1.47. The molecule has 2 fully saturated rings. The maximum absolute atomic E-state index is 12.1. The molecule has 23 heavy (non-hydrogen) atoms. The van der Waals surface area contributed by atoms with Crippen LogP contribution in [0, 0.1) is 0 Å². The summed E-state index contributed by atoms with van der Waals surface area (Å²) in [7, 11) is 2.13. The third-order valence-electron chi connectivity index (χ3n) is 4.91. The van der Waals surface area contributed by atoms with Crippen molar-refractivity contribution >= 4 is 17.4 Å². The molecule has 1 aromatic rings. The van der Waals surface area contributed by atoms with Crippen molar-refractivity contribution in [3.63, 3.8) is 0 Å². The van der Waals surface area contributed by atoms with E-state index in [1.807, 2.05) is 18.3 Å². The fourth-order valence-electron chi connectivity index (χ4n) is 3.41. The van der Waals surface area contributed by atoms with E-state index in [0.717, 1.165) is 57.5 Å². The van der Waals surface area contributed by atoms with Crippen molar-refractivity contribution in [1.29, 1.82) is 0 Å². The summed E-state index contributed by atoms with van der Waals surface area (Å²) in [5.41, 5.74) is 0.273. The molecule has 2 heterocycles. The third-order valence-corrected chi connectivity index (χ3v) is 4.91. The molecule has 0 bridgehead atoms. The minimum Gasteiger partial charge on any atom is -0.389 e. The average Bonchev–Trinajstić information content (AvgIpc) is 2.95. The molecule has 1 amide bonds. The highest BCUT2D eigenvalue weighted by atomic mass is 16.3. The van der Waals surface area contributed by atoms with Crippen LogP contribution in [0.2, 0.25) is 0 Å². The van der Waals surface area contributed by atoms with E-state index < -0.39 is 5.60 Å². The minimum absolute atomic E-state index is 0.158. The number of hydrogen-bond donors (Lipinski definition) is 2. The highest BCUT2D eigenvalue weighted by Crippen LogP contribution is 2.32. The van der Waals surface area contributed by atoms with Crippen LogP contribution < -0.4 is 10.2 Å². The summed E-state index contributed by atoms with van der Waals surface area (Å²) < 4.78 is 0. The Morgan fingerprint density at radius 2 is 1.96 bits per heavy atom. The molecular weight excluding hydrogens is 292 g/mol. The fourth-order valence-corrected chi connectivity index (χ4v) is 3.41. The zero-order chi connectivity index (χ0) is 16.3. The van der Waals surface area contributed by atoms with Crippen LogP contribution in [0.15, 0.2) is 18.3 Å². The van der Waals surface area contributed by atoms with Gasteiger partial charge < -0.3 is 20.2 Å². The molecule has 1 aromatic heterocycles. The first kappa shape index (κ1) is 16.2. The quantitative estimate of drug-likeness (QED) is 0.880. The maximum Gasteiger partial charge on any atom is 0.228 e. The van der Waals surface area contributed by atoms with Crippen molar-refractivity contribution < 1.29 is 9.90 Å². The minimum atomic E-state index is -0.816. The van der Waals surface area contributed by atoms with Gasteiger partial charge >= 0.3 is 0 Å². The van der Waals surface area contributed by atoms with Gasteiger partial charge in [-0.2, -0.15) is 0 Å². The van der Waals surface area contributed by atoms with Gasteiger partial charge in [-0.25, -0.2) is 4.98 Å². The highest BCUT2D eigenvalue weighted by molar-refractivity contribution is 5.90. The van der Waals surface area contributed by atoms with Crippen LogP contribution >= 0.6 is 0 Å². The van der Waals surface area contributed by atoms with Crippen molar-refractivity contribution in [2.45, 2.75) is 37.7 Å². The van der Waals surface area contributed by atoms with Crippen LogP contribution in [0.5, 0.6) is 0 Å². The smallest absolute Gasteiger partial charge is 0.228 e. The zero-order valence-corrected chi connectivity index (χ0v) is 13.8. The van der Waals surface area contributed by atoms with Crippen molar-refractivity contribution in [2.24, 2.45) is 0 Å². The number of nitrogens with zero attached hydrogens (tertiary/aromatic N) is 3. The van der Waals surface area contributed by atoms with Crippen LogP contribution in [0.25, 0.3) is 0 Å². The Labute approximate surface area is 137 Å². The molecule has 0 atom stereocenters. The van der Waals surface area contributed by atoms with Crippen LogP contribution in [-0.4, -0.2) is 59.7 Å². The summed E-state index contributed by atoms with van der Waals surface area (Å²) >= 11 is 0. The van der Waals surface area contributed by atoms with E-state index in [1.54, 1.807) is 0 Å². The molecule has 126 valence electrons. The second kappa shape index (κ2) is 6.84. The van der Waals surface area contributed by atoms with Gasteiger partial charge in [0, 0.05) is 26.2 Å². The lowest BCUT2D eigenvalue weighted by Gasteiger charge is -2.33. The van der Waals surface area contributed by atoms with Gasteiger partial charge in [0.25, 0.3) is 0 Å². The number of rotatable bonds is 4. The average molecular weight is 318 g/mol. The number of nitrogens with one attached hydrogen (secondary N) is 1. The topological polar surface area (TPSA) is 68.7 Å². The lowest BCUT2D eigenvalue weighted by atomic mass is 9.98. The zero-order valence-electron chi connectivity index (χ0n) is 13.8. The van der Waals surface area contributed by atoms with Crippen molar-refractivity contribution in [3.05, 3.63) is 18.3 Å². The summed E-state index contributed by atoms with van der Waals surface area (Å²) in [6.45, 7) is 4.10. The number of piperazine rings is 1. The lowest BCUT2D eigenvalue weighted by molar-refractivity contribution is -0.120. The van der Waals surface area contributed by atoms with E-state index >= 15 is 0 Å². The molecule has 1 saturated heterocycles. The molecule has 6 nitrogen and oxygen atoms in total. The van der Waals surface area contributed by atoms with Crippen LogP contribution in [0.3, 0.4) is 0 Å². The summed E-state index contributed by atoms with van der Waals surface area (Å²) in [6.07, 6.45) is 5.41. The third kappa shape index (κ3) is 4.20. The molecule has 0 spiro atoms. The van der Waals surface area contributed by atoms with Gasteiger partial charge in [0.15, 0.2) is 0 Å². The number of hydrogen-bond acceptors (Lipinski definition) is 5. The van der Waals surface area contributed by atoms with Crippen LogP contribution in [0.1, 0.15) is 32.1 Å². The van der Waals surface area contributed by atoms with Gasteiger partial charge in [-0.05, 0) is 32.0 Å². The number of aromatic nitrogens is 1. The van der Waals surface area contributed by atoms with Crippen molar-refractivity contribution in [1.82, 2.24) is 9.88 Å². The molecule has 3 rings (SSSR count). The predicted molar refractivity (Wildman–Crippen MR) is 90.6 cm³/mol. The Morgan fingerprint density at radius 3 is 2.57 bits per heavy atom. The van der Waals surface area contributed by atoms with E-state index in [-0.39, 0.29) is 12.3 Å². The van der Waals surface area contributed by atoms with Crippen molar-refractivity contribution in [2.75, 3.05) is 43.4 Å². The number of carbonyl (C=O) groups excluding carboxylic acids is 1. The van der Waals surface area contributed by atoms with E-state index in [4.69, 9.17) is 0 Å². The van der Waals surface area contributed by atoms with E-state index in [0.29, 0.717) is 5.82 Å². The number of carbonyl (C=O) groups is 1. The number of pyridine rings is 1. The maximum atomic E-state index is 12.1. The number of anilines is 2. The first-order valence-corrected chi connectivity index (χ1v) is 8.46. The molecule has 0 unspecified atom stereocenters. The number of aliphatic hydroxyl groups is 1. The molecule has 0 radical (unpaired) electrons. The molecule has 1 aliphatic carbocycles. The standard InChI is InChI=1S/C17H26N4O2/c1-20-8-10-21(11-9-20)14-4-5-15(18-13-14)19-16(22)12-17(23)6-2-3-7-17/h4-5,13,23H,2-3,6-12H2,1H3,(H,18,19,22). The van der Waals surface area contributed by atoms with Gasteiger partial charge in [-0.1, -0.05) is 12.8 Å². The Balaban J connectivity index is 1.54. The number of likely N-dealkylation sites (N-methyl/N-ethyl adjacent to an activating group) is 1. The molecule has 1 saturated carbocycles. The molecular formula is C17H26N4O2. The fraction of sp³-hybridized carbons (Fsp3) is 0.647. The summed E-state index contributed by atoms with van der Waals surface area (Å²) in [5, 5.41) is 13.1. The lowest BCUT2D eigenvalue weighted by Crippen LogP contribution is -2.44. The first-order chi connectivity index (χ1) is 11.0. The molecule has 6 heteroatoms. The Kier molecular flexibility index (Phi) is 4.82. The van der Waals surface area contributed by atoms with Gasteiger partial charge in [0.05, 0.1) is 23.9 Å². The van der Waals surface area contributed by atoms with Gasteiger partial charge in [0.2, 0.25) is 5.91 Å². The number of amides is 1. The second-order valence-electron chi connectivity index (χ2n) is 6.85. The summed E-state index contributed by atoms with van der Waals surface area (Å²) in [6, 6.07) is 3.84. The van der Waals surface area contributed by atoms with Crippen molar-refractivity contribution in [3.8, 4) is 0 Å². The van der Waals surface area contributed by atoms with Gasteiger partial charge in [0.1, 0.15) is 5.82 Å². The van der Waals surface area contributed by atoms with Crippen LogP contribution in [0.4, 0.5) is 11.5 Å². The monoisotopic (exact) mass is 318 g/mol. The Bertz CT molecular complexity index is 532. The first-order valence-electron chi connectivity index (χ1n) is 8.46. The summed E-state index contributed by atoms with van der Waals surface area (Å²) in [5.74, 6) is 0.392. The van der Waals surface area contributed by atoms with Gasteiger partial charge in [-0.3, -0.25) is 4.79 Å². The molecule has 1 aliphatic heterocycles. The normalized spacial score (nSPS) is 21.4. The largest absolute Gasteiger partial charge is 0.389 e. The summed E-state index contributed by atoms with van der Waals surface area (Å²) in [4.78, 5) is 21.0. The molecule has 2 aliphatic rings.